The number of nitrogens with zero attached hydrogens (tertiary/aromatic N) is 1. The van der Waals surface area contributed by atoms with E-state index in [1.165, 1.54) is 4.90 Å². The lowest BCUT2D eigenvalue weighted by molar-refractivity contribution is -0.136. The van der Waals surface area contributed by atoms with Crippen LogP contribution in [0, 0.1) is 12.3 Å². The summed E-state index contributed by atoms with van der Waals surface area (Å²) in [5.74, 6) is -1.20. The Labute approximate surface area is 125 Å². The zero-order chi connectivity index (χ0) is 16.2. The molecule has 0 fully saturated rings. The molecule has 0 saturated carbocycles. The first kappa shape index (κ1) is 17.2. The van der Waals surface area contributed by atoms with E-state index in [1.54, 1.807) is 0 Å². The van der Waals surface area contributed by atoms with Gasteiger partial charge in [-0.1, -0.05) is 38.5 Å². The minimum Gasteiger partial charge on any atom is -0.481 e. The third-order valence-corrected chi connectivity index (χ3v) is 3.36. The Morgan fingerprint density at radius 1 is 1.24 bits per heavy atom. The number of carbonyl (C=O) groups excluding carboxylic acids is 1. The van der Waals surface area contributed by atoms with Gasteiger partial charge in [-0.05, 0) is 24.5 Å². The molecule has 1 atom stereocenters. The second-order valence-corrected chi connectivity index (χ2v) is 6.31. The number of nitrogens with two attached hydrogens (primary N) is 1. The molecule has 0 bridgehead atoms. The summed E-state index contributed by atoms with van der Waals surface area (Å²) in [4.78, 5) is 24.9. The lowest BCUT2D eigenvalue weighted by Gasteiger charge is -2.32. The van der Waals surface area contributed by atoms with Crippen LogP contribution in [-0.2, 0) is 9.59 Å². The number of amides is 1. The van der Waals surface area contributed by atoms with E-state index in [1.807, 2.05) is 52.0 Å². The van der Waals surface area contributed by atoms with E-state index in [-0.39, 0.29) is 24.3 Å². The quantitative estimate of drug-likeness (QED) is 0.871. The van der Waals surface area contributed by atoms with Crippen molar-refractivity contribution >= 4 is 17.6 Å². The Morgan fingerprint density at radius 3 is 2.19 bits per heavy atom. The number of anilines is 1. The molecule has 1 amide bonds. The number of carbonyl (C=O) groups is 2. The van der Waals surface area contributed by atoms with Crippen LogP contribution < -0.4 is 10.6 Å². The van der Waals surface area contributed by atoms with Crippen molar-refractivity contribution in [3.8, 4) is 0 Å². The van der Waals surface area contributed by atoms with Crippen molar-refractivity contribution in [2.24, 2.45) is 11.1 Å². The molecule has 0 spiro atoms. The van der Waals surface area contributed by atoms with E-state index < -0.39 is 12.0 Å². The van der Waals surface area contributed by atoms with Crippen LogP contribution in [0.25, 0.3) is 0 Å². The molecule has 0 heterocycles. The highest BCUT2D eigenvalue weighted by molar-refractivity contribution is 5.97. The van der Waals surface area contributed by atoms with Crippen molar-refractivity contribution in [3.05, 3.63) is 29.8 Å². The summed E-state index contributed by atoms with van der Waals surface area (Å²) < 4.78 is 0. The van der Waals surface area contributed by atoms with Gasteiger partial charge in [-0.25, -0.2) is 0 Å². The highest BCUT2D eigenvalue weighted by Crippen LogP contribution is 2.23. The van der Waals surface area contributed by atoms with Crippen molar-refractivity contribution in [1.82, 2.24) is 0 Å². The van der Waals surface area contributed by atoms with Gasteiger partial charge in [-0.2, -0.15) is 0 Å². The van der Waals surface area contributed by atoms with Gasteiger partial charge >= 0.3 is 5.97 Å². The van der Waals surface area contributed by atoms with Gasteiger partial charge in [0.05, 0.1) is 12.5 Å². The van der Waals surface area contributed by atoms with E-state index in [2.05, 4.69) is 0 Å². The highest BCUT2D eigenvalue weighted by Gasteiger charge is 2.31. The number of hydrogen-bond donors (Lipinski definition) is 2. The first-order chi connectivity index (χ1) is 9.62. The Balaban J connectivity index is 3.04. The maximum atomic E-state index is 12.6. The number of aryl methyl sites for hydroxylation is 1. The number of aliphatic carboxylic acids is 1. The number of carboxylic acids is 1. The van der Waals surface area contributed by atoms with Crippen LogP contribution in [0.1, 0.15) is 32.8 Å². The van der Waals surface area contributed by atoms with Gasteiger partial charge < -0.3 is 15.7 Å². The van der Waals surface area contributed by atoms with Crippen molar-refractivity contribution in [3.63, 3.8) is 0 Å². The van der Waals surface area contributed by atoms with Crippen molar-refractivity contribution in [2.45, 2.75) is 40.2 Å². The standard InChI is InChI=1S/C16H24N2O3/c1-11-5-7-12(8-6-11)18(10-9-13(19)20)15(21)14(17)16(2,3)4/h5-8,14H,9-10,17H2,1-4H3,(H,19,20)/t14-/m0/s1. The normalized spacial score (nSPS) is 12.8. The lowest BCUT2D eigenvalue weighted by Crippen LogP contribution is -2.51. The van der Waals surface area contributed by atoms with Gasteiger partial charge in [-0.15, -0.1) is 0 Å². The lowest BCUT2D eigenvalue weighted by atomic mass is 9.86. The fourth-order valence-electron chi connectivity index (χ4n) is 1.84. The molecule has 0 aliphatic carbocycles. The topological polar surface area (TPSA) is 83.6 Å². The van der Waals surface area contributed by atoms with E-state index in [0.29, 0.717) is 5.69 Å². The smallest absolute Gasteiger partial charge is 0.305 e. The monoisotopic (exact) mass is 292 g/mol. The zero-order valence-corrected chi connectivity index (χ0v) is 13.1. The van der Waals surface area contributed by atoms with Crippen molar-refractivity contribution in [2.75, 3.05) is 11.4 Å². The fourth-order valence-corrected chi connectivity index (χ4v) is 1.84. The number of rotatable bonds is 5. The maximum Gasteiger partial charge on any atom is 0.305 e. The molecule has 0 saturated heterocycles. The van der Waals surface area contributed by atoms with Gasteiger partial charge in [0.25, 0.3) is 0 Å². The molecule has 0 radical (unpaired) electrons. The Kier molecular flexibility index (Phi) is 5.49. The molecular formula is C16H24N2O3. The summed E-state index contributed by atoms with van der Waals surface area (Å²) in [5, 5.41) is 8.86. The Morgan fingerprint density at radius 2 is 1.76 bits per heavy atom. The molecule has 1 aromatic rings. The molecule has 21 heavy (non-hydrogen) atoms. The summed E-state index contributed by atoms with van der Waals surface area (Å²) in [6.45, 7) is 7.73. The first-order valence-electron chi connectivity index (χ1n) is 6.98. The number of benzene rings is 1. The van der Waals surface area contributed by atoms with Gasteiger partial charge in [0.15, 0.2) is 0 Å². The van der Waals surface area contributed by atoms with Gasteiger partial charge in [0.2, 0.25) is 5.91 Å². The van der Waals surface area contributed by atoms with Crippen LogP contribution in [-0.4, -0.2) is 29.6 Å². The Bertz CT molecular complexity index is 503. The van der Waals surface area contributed by atoms with Crippen LogP contribution in [0.5, 0.6) is 0 Å². The molecule has 5 nitrogen and oxygen atoms in total. The Hall–Kier alpha value is -1.88. The predicted octanol–water partition coefficient (Wildman–Crippen LogP) is 2.18. The molecule has 1 rings (SSSR count). The summed E-state index contributed by atoms with van der Waals surface area (Å²) >= 11 is 0. The minimum atomic E-state index is -0.941. The van der Waals surface area contributed by atoms with Crippen molar-refractivity contribution in [1.29, 1.82) is 0 Å². The van der Waals surface area contributed by atoms with Gasteiger partial charge in [-0.3, -0.25) is 9.59 Å². The molecular weight excluding hydrogens is 268 g/mol. The second-order valence-electron chi connectivity index (χ2n) is 6.31. The number of carboxylic acid groups (broad SMARTS) is 1. The van der Waals surface area contributed by atoms with Gasteiger partial charge in [0, 0.05) is 12.2 Å². The molecule has 0 aromatic heterocycles. The van der Waals surface area contributed by atoms with E-state index in [0.717, 1.165) is 5.56 Å². The molecule has 1 aromatic carbocycles. The summed E-state index contributed by atoms with van der Waals surface area (Å²) in [7, 11) is 0. The van der Waals surface area contributed by atoms with E-state index in [4.69, 9.17) is 10.8 Å². The van der Waals surface area contributed by atoms with E-state index in [9.17, 15) is 9.59 Å². The molecule has 0 aliphatic heterocycles. The summed E-state index contributed by atoms with van der Waals surface area (Å²) in [6, 6.07) is 6.71. The second kappa shape index (κ2) is 6.72. The highest BCUT2D eigenvalue weighted by atomic mass is 16.4. The van der Waals surface area contributed by atoms with Crippen LogP contribution in [0.2, 0.25) is 0 Å². The molecule has 0 aliphatic rings. The SMILES string of the molecule is Cc1ccc(N(CCC(=O)O)C(=O)[C@H](N)C(C)(C)C)cc1. The van der Waals surface area contributed by atoms with Crippen LogP contribution in [0.3, 0.4) is 0 Å². The van der Waals surface area contributed by atoms with Crippen molar-refractivity contribution < 1.29 is 14.7 Å². The molecule has 0 unspecified atom stereocenters. The zero-order valence-electron chi connectivity index (χ0n) is 13.1. The van der Waals surface area contributed by atoms with E-state index >= 15 is 0 Å². The van der Waals surface area contributed by atoms with Crippen LogP contribution in [0.15, 0.2) is 24.3 Å². The molecule has 5 heteroatoms. The average Bonchev–Trinajstić information content (AvgIpc) is 2.38. The van der Waals surface area contributed by atoms with Crippen LogP contribution >= 0.6 is 0 Å². The fraction of sp³-hybridized carbons (Fsp3) is 0.500. The predicted molar refractivity (Wildman–Crippen MR) is 83.2 cm³/mol. The summed E-state index contributed by atoms with van der Waals surface area (Å²) in [6.07, 6.45) is -0.115. The third kappa shape index (κ3) is 4.86. The minimum absolute atomic E-state index is 0.112. The first-order valence-corrected chi connectivity index (χ1v) is 6.98. The molecule has 3 N–H and O–H groups in total. The van der Waals surface area contributed by atoms with Gasteiger partial charge in [0.1, 0.15) is 0 Å². The third-order valence-electron chi connectivity index (χ3n) is 3.36. The number of hydrogen-bond acceptors (Lipinski definition) is 3. The van der Waals surface area contributed by atoms with Crippen LogP contribution in [0.4, 0.5) is 5.69 Å². The molecule has 116 valence electrons. The average molecular weight is 292 g/mol. The largest absolute Gasteiger partial charge is 0.481 e. The maximum absolute atomic E-state index is 12.6. The summed E-state index contributed by atoms with van der Waals surface area (Å²) in [5.41, 5.74) is 7.39.